The van der Waals surface area contributed by atoms with Gasteiger partial charge in [0, 0.05) is 31.3 Å². The molecule has 0 bridgehead atoms. The van der Waals surface area contributed by atoms with Crippen molar-refractivity contribution >= 4 is 24.2 Å². The maximum atomic E-state index is 12.5. The molecule has 28 heavy (non-hydrogen) atoms. The van der Waals surface area contributed by atoms with Crippen LogP contribution in [0.4, 0.5) is 5.82 Å². The van der Waals surface area contributed by atoms with E-state index in [9.17, 15) is 4.79 Å². The third-order valence-corrected chi connectivity index (χ3v) is 5.15. The number of hydrogen-bond acceptors (Lipinski definition) is 6. The maximum Gasteiger partial charge on any atom is 0.335 e. The van der Waals surface area contributed by atoms with Gasteiger partial charge in [0.05, 0.1) is 23.9 Å². The van der Waals surface area contributed by atoms with Crippen molar-refractivity contribution in [1.82, 2.24) is 10.3 Å². The highest BCUT2D eigenvalue weighted by Crippen LogP contribution is 2.32. The Labute approximate surface area is 166 Å². The Morgan fingerprint density at radius 3 is 3.00 bits per heavy atom. The van der Waals surface area contributed by atoms with Crippen LogP contribution in [0.15, 0.2) is 22.8 Å². The van der Waals surface area contributed by atoms with Crippen LogP contribution in [-0.4, -0.2) is 44.0 Å². The van der Waals surface area contributed by atoms with E-state index in [1.807, 2.05) is 6.07 Å². The van der Waals surface area contributed by atoms with Crippen molar-refractivity contribution in [2.45, 2.75) is 51.5 Å². The second kappa shape index (κ2) is 11.3. The Balaban J connectivity index is 2.21. The minimum Gasteiger partial charge on any atom is -0.460 e. The molecule has 0 unspecified atom stereocenters. The molecule has 0 saturated heterocycles. The lowest BCUT2D eigenvalue weighted by Gasteiger charge is -2.31. The third-order valence-electron chi connectivity index (χ3n) is 5.15. The predicted molar refractivity (Wildman–Crippen MR) is 109 cm³/mol. The van der Waals surface area contributed by atoms with Gasteiger partial charge in [-0.2, -0.15) is 5.26 Å². The number of carbonyl (C=O) groups is 1. The molecule has 152 valence electrons. The second-order valence-electron chi connectivity index (χ2n) is 7.10. The molecule has 1 aliphatic carbocycles. The van der Waals surface area contributed by atoms with Crippen LogP contribution in [0.25, 0.3) is 5.70 Å². The van der Waals surface area contributed by atoms with Gasteiger partial charge in [-0.05, 0) is 44.9 Å². The Morgan fingerprint density at radius 2 is 2.29 bits per heavy atom. The number of nitrogens with one attached hydrogen (secondary N) is 2. The number of carbonyl (C=O) groups excluding carboxylic acids is 1. The number of rotatable bonds is 10. The molecule has 0 aliphatic heterocycles. The molecule has 0 radical (unpaired) electrons. The van der Waals surface area contributed by atoms with Crippen LogP contribution in [0.3, 0.4) is 0 Å². The molecular formula is C21H30N4O3. The fourth-order valence-corrected chi connectivity index (χ4v) is 3.67. The van der Waals surface area contributed by atoms with Gasteiger partial charge in [0.25, 0.3) is 0 Å². The number of aliphatic imine (C=N–C) groups is 1. The van der Waals surface area contributed by atoms with E-state index in [1.54, 1.807) is 20.2 Å². The Morgan fingerprint density at radius 1 is 1.46 bits per heavy atom. The van der Waals surface area contributed by atoms with E-state index in [2.05, 4.69) is 28.1 Å². The lowest BCUT2D eigenvalue weighted by atomic mass is 9.83. The summed E-state index contributed by atoms with van der Waals surface area (Å²) < 4.78 is 10.3. The summed E-state index contributed by atoms with van der Waals surface area (Å²) in [5, 5.41) is 12.4. The molecule has 2 rings (SSSR count). The number of ether oxygens (including phenoxy) is 2. The highest BCUT2D eigenvalue weighted by Gasteiger charge is 2.25. The average molecular weight is 386 g/mol. The first kappa shape index (κ1) is 21.7. The monoisotopic (exact) mass is 386 g/mol. The first-order valence-electron chi connectivity index (χ1n) is 9.75. The number of methoxy groups -OCH3 is 1. The minimum atomic E-state index is -0.382. The molecule has 1 saturated carbocycles. The van der Waals surface area contributed by atoms with E-state index in [0.29, 0.717) is 30.3 Å². The summed E-state index contributed by atoms with van der Waals surface area (Å²) in [6.45, 7) is 5.93. The molecule has 1 aliphatic rings. The Bertz CT molecular complexity index is 732. The van der Waals surface area contributed by atoms with E-state index in [0.717, 1.165) is 43.4 Å². The van der Waals surface area contributed by atoms with Crippen LogP contribution in [-0.2, 0) is 14.3 Å². The molecule has 2 N–H and O–H groups in total. The SMILES string of the molecule is C=Nc1[nH]ccc1/C(N[C@@H]1CCC[C@H](CCC#N)C1)=C(\C)C(=O)OCCOC. The standard InChI is InChI=1S/C21H30N4O3/c1-15(21(26)28-13-12-27-3)19(18-9-11-24-20(18)23-2)25-17-8-4-6-16(14-17)7-5-10-22/h9,11,16-17,24-25H,2,4-8,12-14H2,1,3H3/b19-15-/t16-,17-/m1/s1. The van der Waals surface area contributed by atoms with Crippen molar-refractivity contribution in [1.29, 1.82) is 5.26 Å². The summed E-state index contributed by atoms with van der Waals surface area (Å²) in [4.78, 5) is 19.6. The molecule has 1 aromatic rings. The topological polar surface area (TPSA) is 99.5 Å². The van der Waals surface area contributed by atoms with Crippen molar-refractivity contribution < 1.29 is 14.3 Å². The van der Waals surface area contributed by atoms with Gasteiger partial charge in [-0.25, -0.2) is 9.79 Å². The second-order valence-corrected chi connectivity index (χ2v) is 7.10. The summed E-state index contributed by atoms with van der Waals surface area (Å²) in [7, 11) is 1.57. The first-order valence-corrected chi connectivity index (χ1v) is 9.75. The first-order chi connectivity index (χ1) is 13.6. The van der Waals surface area contributed by atoms with Gasteiger partial charge < -0.3 is 19.8 Å². The zero-order valence-electron chi connectivity index (χ0n) is 16.8. The van der Waals surface area contributed by atoms with Crippen molar-refractivity contribution in [3.8, 4) is 6.07 Å². The van der Waals surface area contributed by atoms with E-state index < -0.39 is 0 Å². The molecule has 0 amide bonds. The summed E-state index contributed by atoms with van der Waals surface area (Å²) in [6, 6.07) is 4.36. The fraction of sp³-hybridized carbons (Fsp3) is 0.571. The molecule has 1 aromatic heterocycles. The van der Waals surface area contributed by atoms with E-state index >= 15 is 0 Å². The smallest absolute Gasteiger partial charge is 0.335 e. The lowest BCUT2D eigenvalue weighted by Crippen LogP contribution is -2.34. The van der Waals surface area contributed by atoms with Crippen LogP contribution >= 0.6 is 0 Å². The summed E-state index contributed by atoms with van der Waals surface area (Å²) in [5.74, 6) is 0.764. The largest absolute Gasteiger partial charge is 0.460 e. The Hall–Kier alpha value is -2.59. The fourth-order valence-electron chi connectivity index (χ4n) is 3.67. The number of H-pyrrole nitrogens is 1. The van der Waals surface area contributed by atoms with Gasteiger partial charge in [0.15, 0.2) is 0 Å². The van der Waals surface area contributed by atoms with Crippen LogP contribution in [0.5, 0.6) is 0 Å². The number of nitrogens with zero attached hydrogens (tertiary/aromatic N) is 2. The minimum absolute atomic E-state index is 0.208. The van der Waals surface area contributed by atoms with Crippen LogP contribution < -0.4 is 5.32 Å². The van der Waals surface area contributed by atoms with Crippen molar-refractivity contribution in [3.63, 3.8) is 0 Å². The van der Waals surface area contributed by atoms with E-state index in [1.165, 1.54) is 0 Å². The number of esters is 1. The van der Waals surface area contributed by atoms with Gasteiger partial charge in [-0.1, -0.05) is 12.8 Å². The lowest BCUT2D eigenvalue weighted by molar-refractivity contribution is -0.140. The maximum absolute atomic E-state index is 12.5. The van der Waals surface area contributed by atoms with Crippen molar-refractivity contribution in [2.75, 3.05) is 20.3 Å². The number of nitriles is 1. The summed E-state index contributed by atoms with van der Waals surface area (Å²) >= 11 is 0. The van der Waals surface area contributed by atoms with Crippen molar-refractivity contribution in [2.24, 2.45) is 10.9 Å². The molecule has 0 aromatic carbocycles. The highest BCUT2D eigenvalue weighted by atomic mass is 16.6. The summed E-state index contributed by atoms with van der Waals surface area (Å²) in [5.41, 5.74) is 2.02. The predicted octanol–water partition coefficient (Wildman–Crippen LogP) is 3.72. The van der Waals surface area contributed by atoms with Crippen LogP contribution in [0.1, 0.15) is 51.0 Å². The molecule has 1 heterocycles. The highest BCUT2D eigenvalue weighted by molar-refractivity contribution is 5.97. The van der Waals surface area contributed by atoms with Crippen molar-refractivity contribution in [3.05, 3.63) is 23.4 Å². The Kier molecular flexibility index (Phi) is 8.76. The zero-order valence-corrected chi connectivity index (χ0v) is 16.8. The number of aromatic amines is 1. The number of hydrogen-bond donors (Lipinski definition) is 2. The number of aromatic nitrogens is 1. The molecule has 1 fully saturated rings. The molecular weight excluding hydrogens is 356 g/mol. The molecule has 7 nitrogen and oxygen atoms in total. The molecule has 0 spiro atoms. The normalized spacial score (nSPS) is 20.0. The molecule has 7 heteroatoms. The van der Waals surface area contributed by atoms with Gasteiger partial charge in [-0.15, -0.1) is 0 Å². The zero-order chi connectivity index (χ0) is 20.4. The van der Waals surface area contributed by atoms with E-state index in [4.69, 9.17) is 14.7 Å². The third kappa shape index (κ3) is 5.96. The van der Waals surface area contributed by atoms with Crippen LogP contribution in [0.2, 0.25) is 0 Å². The van der Waals surface area contributed by atoms with Gasteiger partial charge in [-0.3, -0.25) is 0 Å². The van der Waals surface area contributed by atoms with Crippen LogP contribution in [0, 0.1) is 17.2 Å². The quantitative estimate of drug-likeness (QED) is 0.276. The van der Waals surface area contributed by atoms with Gasteiger partial charge in [0.1, 0.15) is 12.4 Å². The van der Waals surface area contributed by atoms with Gasteiger partial charge >= 0.3 is 5.97 Å². The summed E-state index contributed by atoms with van der Waals surface area (Å²) in [6.07, 6.45) is 7.57. The molecule has 2 atom stereocenters. The average Bonchev–Trinajstić information content (AvgIpc) is 3.19. The van der Waals surface area contributed by atoms with Gasteiger partial charge in [0.2, 0.25) is 0 Å². The van der Waals surface area contributed by atoms with E-state index in [-0.39, 0.29) is 18.6 Å².